The lowest BCUT2D eigenvalue weighted by Crippen LogP contribution is -1.36. The molecule has 1 radical (unpaired) electrons. The average Bonchev–Trinajstić information content (AvgIpc) is 1.46. The maximum absolute atomic E-state index is 4.90. The third-order valence-corrected chi connectivity index (χ3v) is 0. The summed E-state index contributed by atoms with van der Waals surface area (Å²) in [7, 11) is 9.81. The van der Waals surface area contributed by atoms with E-state index in [1.165, 1.54) is 0 Å². The molecular formula is C2H6AlCl2. The second-order valence-corrected chi connectivity index (χ2v) is 2.73. The lowest BCUT2D eigenvalue weighted by Gasteiger charge is -1.33. The minimum atomic E-state index is -0.639. The molecule has 0 aliphatic carbocycles. The van der Waals surface area contributed by atoms with Gasteiger partial charge in [-0.15, -0.1) is 0 Å². The van der Waals surface area contributed by atoms with Crippen LogP contribution < -0.4 is 0 Å². The summed E-state index contributed by atoms with van der Waals surface area (Å²) in [6.07, 6.45) is 0. The van der Waals surface area contributed by atoms with Crippen LogP contribution in [0.2, 0.25) is 0 Å². The van der Waals surface area contributed by atoms with Gasteiger partial charge in [-0.25, -0.2) is 20.1 Å². The second-order valence-electron chi connectivity index (χ2n) is 0.101. The Morgan fingerprint density at radius 2 is 1.40 bits per heavy atom. The highest BCUT2D eigenvalue weighted by Crippen LogP contribution is 1.67. The van der Waals surface area contributed by atoms with Crippen molar-refractivity contribution >= 4 is 33.5 Å². The molecule has 0 aliphatic heterocycles. The van der Waals surface area contributed by atoms with E-state index < -0.39 is 13.4 Å². The summed E-state index contributed by atoms with van der Waals surface area (Å²) in [4.78, 5) is 0. The van der Waals surface area contributed by atoms with Gasteiger partial charge in [0.1, 0.15) is 0 Å². The van der Waals surface area contributed by atoms with Gasteiger partial charge in [0.05, 0.1) is 0 Å². The van der Waals surface area contributed by atoms with Gasteiger partial charge in [-0.05, 0) is 0 Å². The highest BCUT2D eigenvalue weighted by Gasteiger charge is 1.59. The largest absolute Gasteiger partial charge is 0.499 e. The summed E-state index contributed by atoms with van der Waals surface area (Å²) in [5, 5.41) is 0. The fraction of sp³-hybridized carbons (Fsp3) is 0.500. The van der Waals surface area contributed by atoms with Crippen molar-refractivity contribution in [2.75, 3.05) is 0 Å². The van der Waals surface area contributed by atoms with Crippen LogP contribution in [0.4, 0.5) is 0 Å². The Balaban J connectivity index is 0. The fourth-order valence-corrected chi connectivity index (χ4v) is 0. The molecule has 0 aromatic rings. The molecule has 0 heterocycles. The first-order valence-corrected chi connectivity index (χ1v) is 5.52. The maximum Gasteiger partial charge on any atom is 0.499 e. The molecule has 0 N–H and O–H groups in total. The quantitative estimate of drug-likeness (QED) is 0.434. The van der Waals surface area contributed by atoms with E-state index in [2.05, 4.69) is 6.92 Å². The highest BCUT2D eigenvalue weighted by molar-refractivity contribution is 7.22. The Morgan fingerprint density at radius 3 is 1.40 bits per heavy atom. The number of hydrogen-bond acceptors (Lipinski definition) is 0. The van der Waals surface area contributed by atoms with Crippen molar-refractivity contribution < 1.29 is 0 Å². The Morgan fingerprint density at radius 1 is 1.40 bits per heavy atom. The van der Waals surface area contributed by atoms with Crippen LogP contribution in [0.1, 0.15) is 6.92 Å². The molecule has 0 amide bonds. The molecule has 0 bridgehead atoms. The summed E-state index contributed by atoms with van der Waals surface area (Å²) < 4.78 is 0. The molecule has 0 unspecified atom stereocenters. The predicted octanol–water partition coefficient (Wildman–Crippen LogP) is 1.57. The van der Waals surface area contributed by atoms with Gasteiger partial charge in [-0.3, -0.25) is 0 Å². The van der Waals surface area contributed by atoms with Crippen LogP contribution in [0.15, 0.2) is 0 Å². The fourth-order valence-electron chi connectivity index (χ4n) is 0. The molecule has 0 rings (SSSR count). The van der Waals surface area contributed by atoms with Crippen LogP contribution in [0.25, 0.3) is 0 Å². The molecule has 31 valence electrons. The summed E-state index contributed by atoms with van der Waals surface area (Å²) in [5.41, 5.74) is 0. The predicted molar refractivity (Wildman–Crippen MR) is 29.9 cm³/mol. The zero-order valence-electron chi connectivity index (χ0n) is 3.17. The minimum absolute atomic E-state index is 0.639. The smallest absolute Gasteiger partial charge is 0.240 e. The van der Waals surface area contributed by atoms with Crippen LogP contribution in [0, 0.1) is 6.92 Å². The van der Waals surface area contributed by atoms with Crippen molar-refractivity contribution in [1.29, 1.82) is 0 Å². The van der Waals surface area contributed by atoms with Gasteiger partial charge < -0.3 is 0 Å². The molecular weight excluding hydrogens is 122 g/mol. The zero-order valence-corrected chi connectivity index (χ0v) is 6.10. The molecule has 3 heteroatoms. The third kappa shape index (κ3) is 40.0. The minimum Gasteiger partial charge on any atom is -0.240 e. The zero-order chi connectivity index (χ0) is 4.71. The standard InChI is InChI=1S/C2H5.Al.2ClH.H/c1-2;;;;/h1H2,2H3;;2*1H;/q;+2;;;/p-2. The van der Waals surface area contributed by atoms with Gasteiger partial charge in [-0.1, -0.05) is 13.8 Å². The molecule has 0 aromatic carbocycles. The molecule has 0 aromatic heterocycles. The van der Waals surface area contributed by atoms with E-state index in [9.17, 15) is 0 Å². The van der Waals surface area contributed by atoms with Crippen LogP contribution in [0.3, 0.4) is 0 Å². The van der Waals surface area contributed by atoms with E-state index in [0.717, 1.165) is 0 Å². The van der Waals surface area contributed by atoms with Crippen molar-refractivity contribution in [3.8, 4) is 0 Å². The van der Waals surface area contributed by atoms with E-state index in [0.29, 0.717) is 0 Å². The van der Waals surface area contributed by atoms with Crippen molar-refractivity contribution in [1.82, 2.24) is 0 Å². The average molecular weight is 128 g/mol. The lowest BCUT2D eigenvalue weighted by molar-refractivity contribution is 1.81. The molecule has 0 fully saturated rings. The Bertz CT molecular complexity index is 7.61. The molecule has 0 saturated carbocycles. The van der Waals surface area contributed by atoms with Gasteiger partial charge in [0, 0.05) is 0 Å². The Hall–Kier alpha value is 1.11. The molecule has 0 saturated heterocycles. The van der Waals surface area contributed by atoms with Crippen LogP contribution in [-0.2, 0) is 0 Å². The molecule has 0 aliphatic rings. The molecule has 5 heavy (non-hydrogen) atoms. The van der Waals surface area contributed by atoms with E-state index in [1.54, 1.807) is 6.92 Å². The first-order chi connectivity index (χ1) is 2.41. The van der Waals surface area contributed by atoms with Crippen molar-refractivity contribution in [3.05, 3.63) is 6.92 Å². The van der Waals surface area contributed by atoms with Crippen molar-refractivity contribution in [3.63, 3.8) is 0 Å². The van der Waals surface area contributed by atoms with Crippen LogP contribution >= 0.6 is 20.1 Å². The van der Waals surface area contributed by atoms with E-state index >= 15 is 0 Å². The number of rotatable bonds is 0. The lowest BCUT2D eigenvalue weighted by atomic mass is 11.0. The first-order valence-electron chi connectivity index (χ1n) is 1.24. The van der Waals surface area contributed by atoms with E-state index in [-0.39, 0.29) is 0 Å². The Kier molecular flexibility index (Phi) is 36.6. The van der Waals surface area contributed by atoms with Gasteiger partial charge in [0.15, 0.2) is 0 Å². The van der Waals surface area contributed by atoms with Gasteiger partial charge in [0.2, 0.25) is 0 Å². The Labute approximate surface area is 47.6 Å². The van der Waals surface area contributed by atoms with E-state index in [4.69, 9.17) is 20.1 Å². The SMILES string of the molecule is [CH2]C.[Cl][AlH][Cl]. The van der Waals surface area contributed by atoms with Gasteiger partial charge >= 0.3 is 13.4 Å². The summed E-state index contributed by atoms with van der Waals surface area (Å²) in [5.74, 6) is 0. The molecule has 0 nitrogen and oxygen atoms in total. The van der Waals surface area contributed by atoms with Gasteiger partial charge in [-0.2, -0.15) is 0 Å². The second kappa shape index (κ2) is 19.4. The number of halogens is 2. The van der Waals surface area contributed by atoms with Crippen molar-refractivity contribution in [2.45, 2.75) is 6.92 Å². The monoisotopic (exact) mass is 127 g/mol. The highest BCUT2D eigenvalue weighted by atomic mass is 35.7. The maximum atomic E-state index is 4.90. The first kappa shape index (κ1) is 9.45. The summed E-state index contributed by atoms with van der Waals surface area (Å²) in [6, 6.07) is 0. The van der Waals surface area contributed by atoms with Gasteiger partial charge in [0.25, 0.3) is 0 Å². The number of hydrogen-bond donors (Lipinski definition) is 0. The van der Waals surface area contributed by atoms with Crippen molar-refractivity contribution in [2.24, 2.45) is 0 Å². The summed E-state index contributed by atoms with van der Waals surface area (Å²) in [6.45, 7) is 5.00. The third-order valence-electron chi connectivity index (χ3n) is 0. The normalized spacial score (nSPS) is 4.00. The summed E-state index contributed by atoms with van der Waals surface area (Å²) >= 11 is -0.639. The van der Waals surface area contributed by atoms with Crippen LogP contribution in [0.5, 0.6) is 0 Å². The van der Waals surface area contributed by atoms with E-state index in [1.807, 2.05) is 0 Å². The molecule has 0 atom stereocenters. The topological polar surface area (TPSA) is 0 Å². The van der Waals surface area contributed by atoms with Crippen LogP contribution in [-0.4, -0.2) is 13.4 Å². The molecule has 0 spiro atoms.